The fourth-order valence-corrected chi connectivity index (χ4v) is 1.20. The fraction of sp³-hybridized carbons (Fsp3) is 0.667. The Labute approximate surface area is 88.4 Å². The summed E-state index contributed by atoms with van der Waals surface area (Å²) in [5.74, 6) is 0.227. The lowest BCUT2D eigenvalue weighted by Crippen LogP contribution is -2.31. The minimum atomic E-state index is -0.256. The summed E-state index contributed by atoms with van der Waals surface area (Å²) < 4.78 is 4.38. The predicted molar refractivity (Wildman–Crippen MR) is 55.1 cm³/mol. The number of carbonyl (C=O) groups is 1. The van der Waals surface area contributed by atoms with Gasteiger partial charge in [-0.25, -0.2) is 4.63 Å². The molecule has 0 spiro atoms. The Hall–Kier alpha value is -1.59. The third-order valence-corrected chi connectivity index (χ3v) is 2.35. The Bertz CT molecular complexity index is 337. The molecule has 0 radical (unpaired) electrons. The van der Waals surface area contributed by atoms with Gasteiger partial charge in [0.25, 0.3) is 5.91 Å². The molecule has 1 atom stereocenters. The summed E-state index contributed by atoms with van der Waals surface area (Å²) in [7, 11) is 1.71. The molecule has 1 aromatic rings. The second-order valence-electron chi connectivity index (χ2n) is 3.70. The van der Waals surface area contributed by atoms with E-state index in [4.69, 9.17) is 5.73 Å². The zero-order valence-corrected chi connectivity index (χ0v) is 9.23. The van der Waals surface area contributed by atoms with Crippen molar-refractivity contribution in [2.45, 2.75) is 20.3 Å². The van der Waals surface area contributed by atoms with Gasteiger partial charge in [-0.15, -0.1) is 0 Å². The number of aromatic nitrogens is 2. The topological polar surface area (TPSA) is 85.2 Å². The molecule has 1 heterocycles. The molecule has 0 saturated heterocycles. The van der Waals surface area contributed by atoms with Crippen molar-refractivity contribution in [3.8, 4) is 0 Å². The summed E-state index contributed by atoms with van der Waals surface area (Å²) >= 11 is 0. The van der Waals surface area contributed by atoms with Crippen molar-refractivity contribution in [3.63, 3.8) is 0 Å². The van der Waals surface area contributed by atoms with Gasteiger partial charge in [-0.2, -0.15) is 0 Å². The molecule has 6 heteroatoms. The van der Waals surface area contributed by atoms with Crippen LogP contribution in [-0.2, 0) is 0 Å². The fourth-order valence-electron chi connectivity index (χ4n) is 1.20. The highest BCUT2D eigenvalue weighted by molar-refractivity contribution is 5.95. The predicted octanol–water partition coefficient (Wildman–Crippen LogP) is 0.770. The van der Waals surface area contributed by atoms with E-state index in [9.17, 15) is 4.79 Å². The lowest BCUT2D eigenvalue weighted by atomic mass is 10.1. The van der Waals surface area contributed by atoms with Gasteiger partial charge in [0.2, 0.25) is 11.5 Å². The largest absolute Gasteiger partial charge is 0.379 e. The highest BCUT2D eigenvalue weighted by Crippen LogP contribution is 2.10. The first kappa shape index (κ1) is 11.5. The van der Waals surface area contributed by atoms with Crippen LogP contribution in [0.3, 0.4) is 0 Å². The van der Waals surface area contributed by atoms with E-state index in [2.05, 4.69) is 28.8 Å². The molecule has 84 valence electrons. The van der Waals surface area contributed by atoms with Crippen molar-refractivity contribution < 1.29 is 9.42 Å². The van der Waals surface area contributed by atoms with Crippen LogP contribution in [0.1, 0.15) is 30.8 Å². The number of nitrogens with two attached hydrogens (primary N) is 1. The van der Waals surface area contributed by atoms with Gasteiger partial charge in [0.05, 0.1) is 0 Å². The highest BCUT2D eigenvalue weighted by Gasteiger charge is 2.20. The number of carbonyl (C=O) groups excluding carboxylic acids is 1. The lowest BCUT2D eigenvalue weighted by Gasteiger charge is -2.19. The number of amides is 1. The molecule has 0 aliphatic rings. The molecule has 0 aromatic carbocycles. The summed E-state index contributed by atoms with van der Waals surface area (Å²) in [5, 5.41) is 6.83. The lowest BCUT2D eigenvalue weighted by molar-refractivity contribution is 0.0764. The molecule has 6 nitrogen and oxygen atoms in total. The SMILES string of the molecule is CCC(C)CN(C)C(=O)c1nonc1N. The molecular formula is C9H16N4O2. The molecule has 0 bridgehead atoms. The van der Waals surface area contributed by atoms with Crippen LogP contribution in [0.4, 0.5) is 5.82 Å². The molecule has 1 unspecified atom stereocenters. The highest BCUT2D eigenvalue weighted by atomic mass is 16.6. The minimum absolute atomic E-state index is 0.0380. The van der Waals surface area contributed by atoms with Crippen LogP contribution in [0.15, 0.2) is 4.63 Å². The Morgan fingerprint density at radius 2 is 2.27 bits per heavy atom. The molecular weight excluding hydrogens is 196 g/mol. The van der Waals surface area contributed by atoms with Crippen molar-refractivity contribution in [2.24, 2.45) is 5.92 Å². The van der Waals surface area contributed by atoms with E-state index < -0.39 is 0 Å². The maximum atomic E-state index is 11.8. The third-order valence-electron chi connectivity index (χ3n) is 2.35. The van der Waals surface area contributed by atoms with Gasteiger partial charge in [0.15, 0.2) is 0 Å². The van der Waals surface area contributed by atoms with Crippen LogP contribution >= 0.6 is 0 Å². The zero-order valence-electron chi connectivity index (χ0n) is 9.23. The summed E-state index contributed by atoms with van der Waals surface area (Å²) in [4.78, 5) is 13.3. The smallest absolute Gasteiger partial charge is 0.279 e. The number of nitrogens with zero attached hydrogens (tertiary/aromatic N) is 3. The van der Waals surface area contributed by atoms with Gasteiger partial charge in [-0.05, 0) is 16.2 Å². The summed E-state index contributed by atoms with van der Waals surface area (Å²) in [6, 6.07) is 0. The second kappa shape index (κ2) is 4.77. The average Bonchev–Trinajstić information content (AvgIpc) is 2.63. The van der Waals surface area contributed by atoms with Gasteiger partial charge in [-0.3, -0.25) is 4.79 Å². The van der Waals surface area contributed by atoms with Crippen molar-refractivity contribution in [3.05, 3.63) is 5.69 Å². The molecule has 1 rings (SSSR count). The van der Waals surface area contributed by atoms with E-state index in [-0.39, 0.29) is 17.4 Å². The van der Waals surface area contributed by atoms with Gasteiger partial charge >= 0.3 is 0 Å². The van der Waals surface area contributed by atoms with Crippen molar-refractivity contribution in [1.29, 1.82) is 0 Å². The van der Waals surface area contributed by atoms with E-state index in [1.165, 1.54) is 0 Å². The third kappa shape index (κ3) is 2.68. The monoisotopic (exact) mass is 212 g/mol. The number of nitrogen functional groups attached to an aromatic ring is 1. The maximum absolute atomic E-state index is 11.8. The maximum Gasteiger partial charge on any atom is 0.279 e. The summed E-state index contributed by atoms with van der Waals surface area (Å²) in [6.45, 7) is 4.82. The van der Waals surface area contributed by atoms with E-state index in [1.807, 2.05) is 0 Å². The normalized spacial score (nSPS) is 12.5. The Kier molecular flexibility index (Phi) is 3.65. The molecule has 15 heavy (non-hydrogen) atoms. The molecule has 1 aromatic heterocycles. The number of rotatable bonds is 4. The molecule has 0 aliphatic heterocycles. The molecule has 0 fully saturated rings. The van der Waals surface area contributed by atoms with E-state index >= 15 is 0 Å². The summed E-state index contributed by atoms with van der Waals surface area (Å²) in [5.41, 5.74) is 5.51. The Balaban J connectivity index is 2.65. The zero-order chi connectivity index (χ0) is 11.4. The minimum Gasteiger partial charge on any atom is -0.379 e. The first-order valence-corrected chi connectivity index (χ1v) is 4.89. The first-order valence-electron chi connectivity index (χ1n) is 4.89. The van der Waals surface area contributed by atoms with Crippen LogP contribution in [-0.4, -0.2) is 34.7 Å². The van der Waals surface area contributed by atoms with Crippen LogP contribution in [0.5, 0.6) is 0 Å². The van der Waals surface area contributed by atoms with Crippen LogP contribution in [0, 0.1) is 5.92 Å². The average molecular weight is 212 g/mol. The van der Waals surface area contributed by atoms with E-state index in [0.717, 1.165) is 6.42 Å². The van der Waals surface area contributed by atoms with E-state index in [1.54, 1.807) is 11.9 Å². The Morgan fingerprint density at radius 1 is 1.60 bits per heavy atom. The molecule has 2 N–H and O–H groups in total. The Morgan fingerprint density at radius 3 is 2.73 bits per heavy atom. The second-order valence-corrected chi connectivity index (χ2v) is 3.70. The van der Waals surface area contributed by atoms with Crippen LogP contribution < -0.4 is 5.73 Å². The van der Waals surface area contributed by atoms with Gasteiger partial charge < -0.3 is 10.6 Å². The number of hydrogen-bond acceptors (Lipinski definition) is 5. The van der Waals surface area contributed by atoms with Crippen LogP contribution in [0.25, 0.3) is 0 Å². The first-order chi connectivity index (χ1) is 7.06. The van der Waals surface area contributed by atoms with Gasteiger partial charge in [0.1, 0.15) is 0 Å². The molecule has 1 amide bonds. The number of hydrogen-bond donors (Lipinski definition) is 1. The van der Waals surface area contributed by atoms with Crippen molar-refractivity contribution >= 4 is 11.7 Å². The standard InChI is InChI=1S/C9H16N4O2/c1-4-6(2)5-13(3)9(14)7-8(10)12-15-11-7/h6H,4-5H2,1-3H3,(H2,10,12). The van der Waals surface area contributed by atoms with E-state index in [0.29, 0.717) is 12.5 Å². The molecule has 0 aliphatic carbocycles. The van der Waals surface area contributed by atoms with Crippen molar-refractivity contribution in [1.82, 2.24) is 15.2 Å². The summed E-state index contributed by atoms with van der Waals surface area (Å²) in [6.07, 6.45) is 1.02. The number of anilines is 1. The van der Waals surface area contributed by atoms with Crippen LogP contribution in [0.2, 0.25) is 0 Å². The quantitative estimate of drug-likeness (QED) is 0.796. The van der Waals surface area contributed by atoms with Crippen molar-refractivity contribution in [2.75, 3.05) is 19.3 Å². The van der Waals surface area contributed by atoms with Gasteiger partial charge in [0, 0.05) is 13.6 Å². The molecule has 0 saturated carbocycles. The van der Waals surface area contributed by atoms with Gasteiger partial charge in [-0.1, -0.05) is 20.3 Å².